The van der Waals surface area contributed by atoms with Crippen LogP contribution < -0.4 is 0 Å². The quantitative estimate of drug-likeness (QED) is 0.313. The van der Waals surface area contributed by atoms with Gasteiger partial charge in [-0.05, 0) is 0 Å². The molecule has 0 bridgehead atoms. The molecule has 3 aromatic rings. The number of hydrogen-bond donors (Lipinski definition) is 0. The fourth-order valence-electron chi connectivity index (χ4n) is 5.99. The molecule has 5 rings (SSSR count). The van der Waals surface area contributed by atoms with Crippen molar-refractivity contribution in [2.75, 3.05) is 0 Å². The SMILES string of the molecule is C[SiH](C)[Zr]([Cl])([CH2]c1ccccc1)([CH]1C=Cc2ccccc21)[CH]1C=Cc2ccccc21. The van der Waals surface area contributed by atoms with E-state index in [9.17, 15) is 0 Å². The maximum absolute atomic E-state index is 8.50. The van der Waals surface area contributed by atoms with Gasteiger partial charge in [-0.15, -0.1) is 0 Å². The molecule has 2 unspecified atom stereocenters. The van der Waals surface area contributed by atoms with Gasteiger partial charge in [0.15, 0.2) is 0 Å². The molecule has 2 aliphatic rings. The van der Waals surface area contributed by atoms with Crippen LogP contribution in [0, 0.1) is 0 Å². The van der Waals surface area contributed by atoms with Crippen molar-refractivity contribution >= 4 is 26.6 Å². The summed E-state index contributed by atoms with van der Waals surface area (Å²) in [5.41, 5.74) is 7.07. The van der Waals surface area contributed by atoms with Crippen molar-refractivity contribution in [2.45, 2.75) is 24.5 Å². The Bertz CT molecular complexity index is 1090. The fraction of sp³-hybridized carbons (Fsp3) is 0.185. The van der Waals surface area contributed by atoms with Gasteiger partial charge in [0.05, 0.1) is 0 Å². The first-order valence-corrected chi connectivity index (χ1v) is 25.9. The minimum atomic E-state index is -4.05. The van der Waals surface area contributed by atoms with E-state index in [4.69, 9.17) is 8.51 Å². The average molecular weight is 507 g/mol. The third-order valence-electron chi connectivity index (χ3n) is 7.70. The number of benzene rings is 3. The maximum atomic E-state index is 8.50. The summed E-state index contributed by atoms with van der Waals surface area (Å²) in [4.78, 5) is 0. The van der Waals surface area contributed by atoms with Crippen LogP contribution in [0.5, 0.6) is 0 Å². The molecule has 0 saturated carbocycles. The summed E-state index contributed by atoms with van der Waals surface area (Å²) in [6.45, 7) is 5.06. The Morgan fingerprint density at radius 3 is 1.67 bits per heavy atom. The van der Waals surface area contributed by atoms with Crippen molar-refractivity contribution < 1.29 is 16.7 Å². The van der Waals surface area contributed by atoms with Crippen LogP contribution in [0.15, 0.2) is 91.0 Å². The minimum absolute atomic E-state index is 0.386. The molecule has 0 nitrogen and oxygen atoms in total. The summed E-state index contributed by atoms with van der Waals surface area (Å²) >= 11 is -4.05. The third-order valence-corrected chi connectivity index (χ3v) is 58.3. The van der Waals surface area contributed by atoms with Gasteiger partial charge >= 0.3 is 187 Å². The predicted molar refractivity (Wildman–Crippen MR) is 131 cm³/mol. The van der Waals surface area contributed by atoms with Crippen LogP contribution in [-0.2, 0) is 20.9 Å². The molecule has 0 saturated heterocycles. The fourth-order valence-corrected chi connectivity index (χ4v) is 41.5. The first-order valence-electron chi connectivity index (χ1n) is 11.0. The molecular formula is C27H28ClSiZr. The molecule has 3 aromatic carbocycles. The zero-order chi connectivity index (χ0) is 20.8. The summed E-state index contributed by atoms with van der Waals surface area (Å²) in [7, 11) is 8.50. The molecule has 2 atom stereocenters. The second-order valence-electron chi connectivity index (χ2n) is 9.32. The van der Waals surface area contributed by atoms with Crippen LogP contribution in [0.3, 0.4) is 0 Å². The molecule has 30 heavy (non-hydrogen) atoms. The standard InChI is InChI=1S/2C9H7.C7H7.C2H7Si.ClH.Zr/c2*1-2-5-9-7-3-6-8(9)4-1;1-7-5-3-2-4-6-7;1-3-2;;/h2*1-7H;2-6H,1H2;3H,1-2H3;1H;/q;;;;;+1/p-1. The van der Waals surface area contributed by atoms with Gasteiger partial charge in [0.25, 0.3) is 0 Å². The number of hydrogen-bond acceptors (Lipinski definition) is 0. The summed E-state index contributed by atoms with van der Waals surface area (Å²) in [5.74, 6) is -1.26. The van der Waals surface area contributed by atoms with Gasteiger partial charge in [0, 0.05) is 0 Å². The van der Waals surface area contributed by atoms with Crippen LogP contribution in [0.25, 0.3) is 12.2 Å². The van der Waals surface area contributed by atoms with Crippen LogP contribution in [0.2, 0.25) is 13.1 Å². The average Bonchev–Trinajstić information content (AvgIpc) is 3.40. The van der Waals surface area contributed by atoms with Gasteiger partial charge in [0.2, 0.25) is 0 Å². The molecule has 0 spiro atoms. The molecule has 0 heterocycles. The van der Waals surface area contributed by atoms with E-state index in [0.717, 1.165) is 4.13 Å². The molecule has 0 aromatic heterocycles. The van der Waals surface area contributed by atoms with Crippen molar-refractivity contribution in [3.63, 3.8) is 0 Å². The Labute approximate surface area is 185 Å². The van der Waals surface area contributed by atoms with Gasteiger partial charge < -0.3 is 0 Å². The number of allylic oxidation sites excluding steroid dienone is 2. The third kappa shape index (κ3) is 2.95. The van der Waals surface area contributed by atoms with Crippen molar-refractivity contribution in [1.82, 2.24) is 0 Å². The number of halogens is 1. The van der Waals surface area contributed by atoms with Gasteiger partial charge in [-0.25, -0.2) is 0 Å². The Morgan fingerprint density at radius 1 is 0.700 bits per heavy atom. The van der Waals surface area contributed by atoms with Gasteiger partial charge in [-0.2, -0.15) is 0 Å². The van der Waals surface area contributed by atoms with Crippen LogP contribution in [0.1, 0.15) is 35.1 Å². The van der Waals surface area contributed by atoms with E-state index < -0.39 is 22.7 Å². The number of fused-ring (bicyclic) bond motifs is 2. The topological polar surface area (TPSA) is 0 Å². The predicted octanol–water partition coefficient (Wildman–Crippen LogP) is 7.55. The Kier molecular flexibility index (Phi) is 5.17. The van der Waals surface area contributed by atoms with E-state index in [1.54, 1.807) is 0 Å². The van der Waals surface area contributed by atoms with Crippen molar-refractivity contribution in [3.05, 3.63) is 119 Å². The van der Waals surface area contributed by atoms with E-state index in [1.807, 2.05) is 0 Å². The molecule has 151 valence electrons. The van der Waals surface area contributed by atoms with Gasteiger partial charge in [-0.3, -0.25) is 0 Å². The Hall–Kier alpha value is -1.47. The van der Waals surface area contributed by atoms with E-state index in [-0.39, 0.29) is 0 Å². The van der Waals surface area contributed by atoms with Crippen molar-refractivity contribution in [2.24, 2.45) is 0 Å². The first kappa shape index (κ1) is 20.4. The van der Waals surface area contributed by atoms with E-state index >= 15 is 0 Å². The van der Waals surface area contributed by atoms with Crippen LogP contribution in [0.4, 0.5) is 0 Å². The molecule has 0 fully saturated rings. The second-order valence-corrected chi connectivity index (χ2v) is 47.5. The number of rotatable bonds is 5. The van der Waals surface area contributed by atoms with Crippen molar-refractivity contribution in [3.8, 4) is 0 Å². The van der Waals surface area contributed by atoms with Crippen molar-refractivity contribution in [1.29, 1.82) is 0 Å². The summed E-state index contributed by atoms with van der Waals surface area (Å²) < 4.78 is 1.84. The Morgan fingerprint density at radius 2 is 1.17 bits per heavy atom. The van der Waals surface area contributed by atoms with E-state index in [0.29, 0.717) is 7.25 Å². The summed E-state index contributed by atoms with van der Waals surface area (Å²) in [5, 5.41) is 0. The van der Waals surface area contributed by atoms with Gasteiger partial charge in [-0.1, -0.05) is 0 Å². The zero-order valence-electron chi connectivity index (χ0n) is 17.6. The summed E-state index contributed by atoms with van der Waals surface area (Å²) in [6.07, 6.45) is 9.63. The normalized spacial score (nSPS) is 20.7. The molecule has 3 heteroatoms. The molecule has 0 amide bonds. The summed E-state index contributed by atoms with van der Waals surface area (Å²) in [6, 6.07) is 28.9. The molecular weight excluding hydrogens is 479 g/mol. The van der Waals surface area contributed by atoms with Gasteiger partial charge in [0.1, 0.15) is 0 Å². The first-order chi connectivity index (χ1) is 14.5. The molecule has 0 N–H and O–H groups in total. The van der Waals surface area contributed by atoms with Crippen LogP contribution in [-0.4, -0.2) is 5.92 Å². The molecule has 0 radical (unpaired) electrons. The Balaban J connectivity index is 1.78. The zero-order valence-corrected chi connectivity index (χ0v) is 22.0. The molecule has 0 aliphatic heterocycles. The van der Waals surface area contributed by atoms with E-state index in [1.165, 1.54) is 27.8 Å². The van der Waals surface area contributed by atoms with E-state index in [2.05, 4.69) is 116 Å². The monoisotopic (exact) mass is 505 g/mol. The second kappa shape index (κ2) is 7.59. The van der Waals surface area contributed by atoms with Crippen LogP contribution >= 0.6 is 8.51 Å². The molecule has 2 aliphatic carbocycles.